The maximum absolute atomic E-state index is 5.90. The van der Waals surface area contributed by atoms with Gasteiger partial charge in [-0.2, -0.15) is 0 Å². The fourth-order valence-corrected chi connectivity index (χ4v) is 3.31. The van der Waals surface area contributed by atoms with E-state index in [4.69, 9.17) is 4.42 Å². The third-order valence-electron chi connectivity index (χ3n) is 4.41. The molecule has 1 aliphatic carbocycles. The van der Waals surface area contributed by atoms with Gasteiger partial charge in [0, 0.05) is 24.6 Å². The summed E-state index contributed by atoms with van der Waals surface area (Å²) in [7, 11) is 0. The molecule has 112 valence electrons. The Morgan fingerprint density at radius 2 is 1.90 bits per heavy atom. The van der Waals surface area contributed by atoms with Crippen molar-refractivity contribution in [1.29, 1.82) is 0 Å². The summed E-state index contributed by atoms with van der Waals surface area (Å²) < 4.78 is 5.90. The van der Waals surface area contributed by atoms with E-state index >= 15 is 0 Å². The van der Waals surface area contributed by atoms with Gasteiger partial charge >= 0.3 is 0 Å². The Kier molecular flexibility index (Phi) is 3.66. The standard InChI is InChI=1S/C19H25NO/c1-13-5-7-15(8-6-13)12-20-17-10-19(3,4)11-18-16(17)9-14(2)21-18/h5-9,17,20H,10-12H2,1-4H3. The molecule has 1 N–H and O–H groups in total. The third kappa shape index (κ3) is 3.21. The molecule has 0 fully saturated rings. The fourth-order valence-electron chi connectivity index (χ4n) is 3.31. The van der Waals surface area contributed by atoms with Gasteiger partial charge in [-0.05, 0) is 37.3 Å². The van der Waals surface area contributed by atoms with Crippen LogP contribution in [0.15, 0.2) is 34.7 Å². The predicted octanol–water partition coefficient (Wildman–Crippen LogP) is 4.70. The van der Waals surface area contributed by atoms with E-state index in [0.29, 0.717) is 11.5 Å². The van der Waals surface area contributed by atoms with Crippen molar-refractivity contribution >= 4 is 0 Å². The molecular formula is C19H25NO. The lowest BCUT2D eigenvalue weighted by Crippen LogP contribution is -2.32. The van der Waals surface area contributed by atoms with Crippen LogP contribution in [-0.2, 0) is 13.0 Å². The van der Waals surface area contributed by atoms with Gasteiger partial charge < -0.3 is 9.73 Å². The Labute approximate surface area is 127 Å². The van der Waals surface area contributed by atoms with Gasteiger partial charge in [0.15, 0.2) is 0 Å². The van der Waals surface area contributed by atoms with Gasteiger partial charge in [-0.25, -0.2) is 0 Å². The van der Waals surface area contributed by atoms with E-state index in [9.17, 15) is 0 Å². The molecule has 0 saturated heterocycles. The Bertz CT molecular complexity index is 622. The van der Waals surface area contributed by atoms with Gasteiger partial charge in [0.1, 0.15) is 11.5 Å². The van der Waals surface area contributed by atoms with Crippen molar-refractivity contribution in [2.24, 2.45) is 5.41 Å². The number of benzene rings is 1. The van der Waals surface area contributed by atoms with Crippen molar-refractivity contribution in [3.63, 3.8) is 0 Å². The monoisotopic (exact) mass is 283 g/mol. The second-order valence-corrected chi connectivity index (χ2v) is 7.20. The first-order valence-electron chi connectivity index (χ1n) is 7.81. The second kappa shape index (κ2) is 5.34. The molecule has 0 aliphatic heterocycles. The Balaban J connectivity index is 1.76. The molecular weight excluding hydrogens is 258 g/mol. The van der Waals surface area contributed by atoms with Crippen LogP contribution in [-0.4, -0.2) is 0 Å². The maximum atomic E-state index is 5.90. The molecule has 0 bridgehead atoms. The highest BCUT2D eigenvalue weighted by Gasteiger charge is 2.34. The third-order valence-corrected chi connectivity index (χ3v) is 4.41. The molecule has 2 heteroatoms. The summed E-state index contributed by atoms with van der Waals surface area (Å²) in [4.78, 5) is 0. The maximum Gasteiger partial charge on any atom is 0.109 e. The lowest BCUT2D eigenvalue weighted by Gasteiger charge is -2.35. The first-order chi connectivity index (χ1) is 9.93. The van der Waals surface area contributed by atoms with Gasteiger partial charge in [-0.15, -0.1) is 0 Å². The van der Waals surface area contributed by atoms with E-state index in [2.05, 4.69) is 56.4 Å². The summed E-state index contributed by atoms with van der Waals surface area (Å²) >= 11 is 0. The van der Waals surface area contributed by atoms with Crippen LogP contribution in [0.2, 0.25) is 0 Å². The quantitative estimate of drug-likeness (QED) is 0.883. The van der Waals surface area contributed by atoms with Crippen LogP contribution in [0, 0.1) is 19.3 Å². The first-order valence-corrected chi connectivity index (χ1v) is 7.81. The number of rotatable bonds is 3. The van der Waals surface area contributed by atoms with Gasteiger partial charge in [0.2, 0.25) is 0 Å². The summed E-state index contributed by atoms with van der Waals surface area (Å²) in [5, 5.41) is 3.72. The van der Waals surface area contributed by atoms with E-state index in [1.165, 1.54) is 22.5 Å². The fraction of sp³-hybridized carbons (Fsp3) is 0.474. The summed E-state index contributed by atoms with van der Waals surface area (Å²) in [6.45, 7) is 9.73. The molecule has 1 aromatic heterocycles. The number of nitrogens with one attached hydrogen (secondary N) is 1. The highest BCUT2D eigenvalue weighted by atomic mass is 16.3. The lowest BCUT2D eigenvalue weighted by molar-refractivity contribution is 0.233. The first kappa shape index (κ1) is 14.4. The van der Waals surface area contributed by atoms with Crippen LogP contribution in [0.3, 0.4) is 0 Å². The van der Waals surface area contributed by atoms with Crippen LogP contribution in [0.5, 0.6) is 0 Å². The zero-order valence-corrected chi connectivity index (χ0v) is 13.5. The number of hydrogen-bond acceptors (Lipinski definition) is 2. The van der Waals surface area contributed by atoms with Gasteiger partial charge in [0.05, 0.1) is 0 Å². The topological polar surface area (TPSA) is 25.2 Å². The van der Waals surface area contributed by atoms with Gasteiger partial charge in [-0.3, -0.25) is 0 Å². The summed E-state index contributed by atoms with van der Waals surface area (Å²) in [5.41, 5.74) is 4.30. The molecule has 21 heavy (non-hydrogen) atoms. The molecule has 1 atom stereocenters. The molecule has 1 aliphatic rings. The minimum absolute atomic E-state index is 0.294. The van der Waals surface area contributed by atoms with Crippen molar-refractivity contribution < 1.29 is 4.42 Å². The minimum atomic E-state index is 0.294. The van der Waals surface area contributed by atoms with Crippen LogP contribution in [0.1, 0.15) is 54.5 Å². The average molecular weight is 283 g/mol. The number of furan rings is 1. The second-order valence-electron chi connectivity index (χ2n) is 7.20. The zero-order valence-electron chi connectivity index (χ0n) is 13.5. The van der Waals surface area contributed by atoms with E-state index in [0.717, 1.165) is 25.1 Å². The molecule has 0 saturated carbocycles. The summed E-state index contributed by atoms with van der Waals surface area (Å²) in [5.74, 6) is 2.20. The molecule has 0 amide bonds. The molecule has 0 spiro atoms. The van der Waals surface area contributed by atoms with E-state index in [-0.39, 0.29) is 0 Å². The Hall–Kier alpha value is -1.54. The number of hydrogen-bond donors (Lipinski definition) is 1. The molecule has 3 rings (SSSR count). The molecule has 1 heterocycles. The lowest BCUT2D eigenvalue weighted by atomic mass is 9.74. The van der Waals surface area contributed by atoms with E-state index < -0.39 is 0 Å². The summed E-state index contributed by atoms with van der Waals surface area (Å²) in [6, 6.07) is 11.4. The van der Waals surface area contributed by atoms with Crippen molar-refractivity contribution in [2.45, 2.75) is 53.1 Å². The molecule has 0 radical (unpaired) electrons. The van der Waals surface area contributed by atoms with Crippen LogP contribution in [0.4, 0.5) is 0 Å². The molecule has 2 aromatic rings. The molecule has 1 unspecified atom stereocenters. The van der Waals surface area contributed by atoms with Crippen LogP contribution < -0.4 is 5.32 Å². The van der Waals surface area contributed by atoms with Gasteiger partial charge in [0.25, 0.3) is 0 Å². The van der Waals surface area contributed by atoms with Crippen molar-refractivity contribution in [2.75, 3.05) is 0 Å². The SMILES string of the molecule is Cc1ccc(CNC2CC(C)(C)Cc3oc(C)cc32)cc1. The van der Waals surface area contributed by atoms with Crippen LogP contribution >= 0.6 is 0 Å². The highest BCUT2D eigenvalue weighted by Crippen LogP contribution is 2.42. The van der Waals surface area contributed by atoms with E-state index in [1.54, 1.807) is 0 Å². The van der Waals surface area contributed by atoms with Gasteiger partial charge in [-0.1, -0.05) is 43.7 Å². The zero-order chi connectivity index (χ0) is 15.0. The predicted molar refractivity (Wildman–Crippen MR) is 86.3 cm³/mol. The minimum Gasteiger partial charge on any atom is -0.466 e. The molecule has 1 aromatic carbocycles. The number of fused-ring (bicyclic) bond motifs is 1. The smallest absolute Gasteiger partial charge is 0.109 e. The summed E-state index contributed by atoms with van der Waals surface area (Å²) in [6.07, 6.45) is 2.20. The Morgan fingerprint density at radius 3 is 2.62 bits per heavy atom. The Morgan fingerprint density at radius 1 is 1.19 bits per heavy atom. The van der Waals surface area contributed by atoms with E-state index in [1.807, 2.05) is 6.92 Å². The van der Waals surface area contributed by atoms with Crippen molar-refractivity contribution in [3.8, 4) is 0 Å². The molecule has 2 nitrogen and oxygen atoms in total. The highest BCUT2D eigenvalue weighted by molar-refractivity contribution is 5.29. The van der Waals surface area contributed by atoms with Crippen molar-refractivity contribution in [1.82, 2.24) is 5.32 Å². The van der Waals surface area contributed by atoms with Crippen molar-refractivity contribution in [3.05, 3.63) is 58.5 Å². The largest absolute Gasteiger partial charge is 0.466 e. The van der Waals surface area contributed by atoms with Crippen LogP contribution in [0.25, 0.3) is 0 Å². The average Bonchev–Trinajstić information content (AvgIpc) is 2.76. The normalized spacial score (nSPS) is 20.3. The number of aryl methyl sites for hydroxylation is 2.